The SMILES string of the molecule is C=CCn1c(=NC(=O)c2cc(=O)c3ccccc3o2)sc2cc(F)ccc21. The highest BCUT2D eigenvalue weighted by molar-refractivity contribution is 7.16. The van der Waals surface area contributed by atoms with E-state index in [1.165, 1.54) is 23.5 Å². The second-order valence-corrected chi connectivity index (χ2v) is 6.79. The van der Waals surface area contributed by atoms with Crippen molar-refractivity contribution in [1.82, 2.24) is 4.57 Å². The van der Waals surface area contributed by atoms with Gasteiger partial charge in [0.2, 0.25) is 0 Å². The molecule has 0 N–H and O–H groups in total. The predicted molar refractivity (Wildman–Crippen MR) is 102 cm³/mol. The molecule has 0 bridgehead atoms. The van der Waals surface area contributed by atoms with E-state index in [0.717, 1.165) is 11.6 Å². The van der Waals surface area contributed by atoms with E-state index in [4.69, 9.17) is 4.42 Å². The van der Waals surface area contributed by atoms with Gasteiger partial charge < -0.3 is 8.98 Å². The van der Waals surface area contributed by atoms with Crippen LogP contribution in [0.2, 0.25) is 0 Å². The number of rotatable bonds is 3. The van der Waals surface area contributed by atoms with Gasteiger partial charge in [-0.05, 0) is 30.3 Å². The van der Waals surface area contributed by atoms with E-state index in [2.05, 4.69) is 11.6 Å². The molecule has 1 amide bonds. The predicted octanol–water partition coefficient (Wildman–Crippen LogP) is 3.88. The molecule has 2 aromatic carbocycles. The maximum absolute atomic E-state index is 13.5. The first-order valence-corrected chi connectivity index (χ1v) is 8.90. The van der Waals surface area contributed by atoms with Gasteiger partial charge in [-0.25, -0.2) is 4.39 Å². The van der Waals surface area contributed by atoms with Gasteiger partial charge in [-0.3, -0.25) is 9.59 Å². The lowest BCUT2D eigenvalue weighted by Gasteiger charge is -2.01. The number of nitrogens with zero attached hydrogens (tertiary/aromatic N) is 2. The highest BCUT2D eigenvalue weighted by Crippen LogP contribution is 2.19. The van der Waals surface area contributed by atoms with E-state index in [-0.39, 0.29) is 17.0 Å². The van der Waals surface area contributed by atoms with E-state index >= 15 is 0 Å². The lowest BCUT2D eigenvalue weighted by molar-refractivity contribution is 0.0972. The van der Waals surface area contributed by atoms with Crippen LogP contribution < -0.4 is 10.2 Å². The molecule has 2 heterocycles. The standard InChI is InChI=1S/C20H13FN2O3S/c1-2-9-23-14-8-7-12(21)10-18(14)27-20(23)22-19(25)17-11-15(24)13-5-3-4-6-16(13)26-17/h2-8,10-11H,1,9H2. The minimum atomic E-state index is -0.678. The fourth-order valence-electron chi connectivity index (χ4n) is 2.79. The Hall–Kier alpha value is -3.32. The summed E-state index contributed by atoms with van der Waals surface area (Å²) in [5.41, 5.74) is 0.751. The largest absolute Gasteiger partial charge is 0.451 e. The second kappa shape index (κ2) is 6.77. The zero-order chi connectivity index (χ0) is 19.0. The molecule has 4 rings (SSSR count). The van der Waals surface area contributed by atoms with Gasteiger partial charge in [0.05, 0.1) is 15.6 Å². The first-order chi connectivity index (χ1) is 13.1. The van der Waals surface area contributed by atoms with E-state index in [0.29, 0.717) is 27.0 Å². The smallest absolute Gasteiger partial charge is 0.315 e. The number of aromatic nitrogens is 1. The van der Waals surface area contributed by atoms with Crippen molar-refractivity contribution in [2.24, 2.45) is 4.99 Å². The molecule has 0 atom stereocenters. The Morgan fingerprint density at radius 1 is 1.26 bits per heavy atom. The number of hydrogen-bond acceptors (Lipinski definition) is 4. The molecular formula is C20H13FN2O3S. The summed E-state index contributed by atoms with van der Waals surface area (Å²) in [5, 5.41) is 0.396. The van der Waals surface area contributed by atoms with Gasteiger partial charge in [0.15, 0.2) is 16.0 Å². The lowest BCUT2D eigenvalue weighted by Crippen LogP contribution is -2.17. The van der Waals surface area contributed by atoms with E-state index in [9.17, 15) is 14.0 Å². The molecule has 0 aliphatic carbocycles. The van der Waals surface area contributed by atoms with Gasteiger partial charge in [0, 0.05) is 12.6 Å². The van der Waals surface area contributed by atoms with Crippen molar-refractivity contribution in [3.05, 3.63) is 87.8 Å². The van der Waals surface area contributed by atoms with E-state index < -0.39 is 5.91 Å². The Balaban J connectivity index is 1.88. The van der Waals surface area contributed by atoms with Crippen molar-refractivity contribution < 1.29 is 13.6 Å². The molecule has 0 saturated carbocycles. The summed E-state index contributed by atoms with van der Waals surface area (Å²) in [5.74, 6) is -1.19. The van der Waals surface area contributed by atoms with Gasteiger partial charge in [-0.15, -0.1) is 6.58 Å². The van der Waals surface area contributed by atoms with Crippen molar-refractivity contribution in [1.29, 1.82) is 0 Å². The zero-order valence-electron chi connectivity index (χ0n) is 14.0. The third kappa shape index (κ3) is 3.13. The molecule has 0 unspecified atom stereocenters. The number of hydrogen-bond donors (Lipinski definition) is 0. The fourth-order valence-corrected chi connectivity index (χ4v) is 3.85. The fraction of sp³-hybridized carbons (Fsp3) is 0.0500. The Kier molecular flexibility index (Phi) is 4.29. The Morgan fingerprint density at radius 3 is 2.89 bits per heavy atom. The monoisotopic (exact) mass is 380 g/mol. The van der Waals surface area contributed by atoms with E-state index in [1.54, 1.807) is 41.0 Å². The summed E-state index contributed by atoms with van der Waals surface area (Å²) in [6.07, 6.45) is 1.66. The number of benzene rings is 2. The Bertz CT molecular complexity index is 1330. The number of carbonyl (C=O) groups excluding carboxylic acids is 1. The molecule has 4 aromatic rings. The number of halogens is 1. The van der Waals surface area contributed by atoms with Gasteiger partial charge in [0.1, 0.15) is 11.4 Å². The second-order valence-electron chi connectivity index (χ2n) is 5.78. The summed E-state index contributed by atoms with van der Waals surface area (Å²) < 4.78 is 21.5. The Morgan fingerprint density at radius 2 is 2.07 bits per heavy atom. The van der Waals surface area contributed by atoms with Crippen LogP contribution in [0.15, 0.2) is 75.4 Å². The molecule has 0 fully saturated rings. The van der Waals surface area contributed by atoms with Crippen LogP contribution in [0.5, 0.6) is 0 Å². The highest BCUT2D eigenvalue weighted by Gasteiger charge is 2.13. The zero-order valence-corrected chi connectivity index (χ0v) is 14.8. The number of carbonyl (C=O) groups is 1. The van der Waals surface area contributed by atoms with Crippen LogP contribution in [-0.4, -0.2) is 10.5 Å². The highest BCUT2D eigenvalue weighted by atomic mass is 32.1. The maximum Gasteiger partial charge on any atom is 0.315 e. The first kappa shape index (κ1) is 17.1. The summed E-state index contributed by atoms with van der Waals surface area (Å²) in [6, 6.07) is 12.2. The molecule has 0 radical (unpaired) electrons. The molecule has 0 aliphatic heterocycles. The summed E-state index contributed by atoms with van der Waals surface area (Å²) in [6.45, 7) is 4.11. The lowest BCUT2D eigenvalue weighted by atomic mass is 10.2. The van der Waals surface area contributed by atoms with Crippen LogP contribution in [0.1, 0.15) is 10.6 Å². The van der Waals surface area contributed by atoms with Crippen LogP contribution in [0.3, 0.4) is 0 Å². The van der Waals surface area contributed by atoms with Crippen molar-refractivity contribution in [2.45, 2.75) is 6.54 Å². The first-order valence-electron chi connectivity index (χ1n) is 8.08. The molecule has 2 aromatic heterocycles. The molecule has 5 nitrogen and oxygen atoms in total. The minimum Gasteiger partial charge on any atom is -0.451 e. The van der Waals surface area contributed by atoms with Crippen LogP contribution >= 0.6 is 11.3 Å². The quantitative estimate of drug-likeness (QED) is 0.507. The number of para-hydroxylation sites is 1. The van der Waals surface area contributed by atoms with Crippen molar-refractivity contribution in [3.8, 4) is 0 Å². The molecule has 134 valence electrons. The van der Waals surface area contributed by atoms with Crippen LogP contribution in [-0.2, 0) is 6.54 Å². The molecule has 0 spiro atoms. The van der Waals surface area contributed by atoms with Gasteiger partial charge in [0.25, 0.3) is 0 Å². The molecule has 0 saturated heterocycles. The topological polar surface area (TPSA) is 64.6 Å². The van der Waals surface area contributed by atoms with Crippen LogP contribution in [0, 0.1) is 5.82 Å². The number of amides is 1. The van der Waals surface area contributed by atoms with Crippen molar-refractivity contribution in [3.63, 3.8) is 0 Å². The van der Waals surface area contributed by atoms with Crippen LogP contribution in [0.4, 0.5) is 4.39 Å². The summed E-state index contributed by atoms with van der Waals surface area (Å²) in [4.78, 5) is 29.3. The normalized spacial score (nSPS) is 12.0. The molecule has 27 heavy (non-hydrogen) atoms. The van der Waals surface area contributed by atoms with Crippen molar-refractivity contribution >= 4 is 38.4 Å². The third-order valence-electron chi connectivity index (χ3n) is 4.00. The van der Waals surface area contributed by atoms with Gasteiger partial charge >= 0.3 is 5.91 Å². The molecule has 0 aliphatic rings. The summed E-state index contributed by atoms with van der Waals surface area (Å²) in [7, 11) is 0. The van der Waals surface area contributed by atoms with E-state index in [1.807, 2.05) is 0 Å². The Labute approximate surface area is 156 Å². The van der Waals surface area contributed by atoms with Gasteiger partial charge in [-0.2, -0.15) is 4.99 Å². The molecule has 7 heteroatoms. The summed E-state index contributed by atoms with van der Waals surface area (Å²) >= 11 is 1.18. The minimum absolute atomic E-state index is 0.146. The maximum atomic E-state index is 13.5. The average Bonchev–Trinajstić information content (AvgIpc) is 2.98. The van der Waals surface area contributed by atoms with Gasteiger partial charge in [-0.1, -0.05) is 29.5 Å². The van der Waals surface area contributed by atoms with Crippen molar-refractivity contribution in [2.75, 3.05) is 0 Å². The third-order valence-corrected chi connectivity index (χ3v) is 5.04. The average molecular weight is 380 g/mol. The number of allylic oxidation sites excluding steroid dienone is 1. The van der Waals surface area contributed by atoms with Crippen LogP contribution in [0.25, 0.3) is 21.2 Å². The molecular weight excluding hydrogens is 367 g/mol. The number of fused-ring (bicyclic) bond motifs is 2. The number of thiazole rings is 1.